The maximum atomic E-state index is 13.3. The van der Waals surface area contributed by atoms with Crippen LogP contribution in [0.25, 0.3) is 11.3 Å². The van der Waals surface area contributed by atoms with E-state index < -0.39 is 5.82 Å². The first-order chi connectivity index (χ1) is 12.4. The number of hydrogen-bond donors (Lipinski definition) is 2. The van der Waals surface area contributed by atoms with Gasteiger partial charge in [-0.15, -0.1) is 0 Å². The maximum Gasteiger partial charge on any atom is 0.141 e. The fourth-order valence-corrected chi connectivity index (χ4v) is 2.81. The summed E-state index contributed by atoms with van der Waals surface area (Å²) in [6, 6.07) is 11.7. The number of rotatable bonds is 5. The van der Waals surface area contributed by atoms with Crippen LogP contribution in [0.15, 0.2) is 48.8 Å². The molecule has 0 bridgehead atoms. The lowest BCUT2D eigenvalue weighted by Crippen LogP contribution is -2.21. The van der Waals surface area contributed by atoms with Crippen LogP contribution in [0, 0.1) is 12.7 Å². The molecule has 0 aliphatic rings. The summed E-state index contributed by atoms with van der Waals surface area (Å²) in [7, 11) is 0. The Morgan fingerprint density at radius 1 is 1.08 bits per heavy atom. The molecule has 0 aliphatic carbocycles. The van der Waals surface area contributed by atoms with Crippen LogP contribution in [0.4, 0.5) is 10.2 Å². The summed E-state index contributed by atoms with van der Waals surface area (Å²) in [5.74, 6) is 0.170. The van der Waals surface area contributed by atoms with Crippen LogP contribution in [-0.2, 0) is 0 Å². The van der Waals surface area contributed by atoms with E-state index >= 15 is 0 Å². The predicted octanol–water partition coefficient (Wildman–Crippen LogP) is 5.01. The van der Waals surface area contributed by atoms with E-state index in [9.17, 15) is 4.39 Å². The van der Waals surface area contributed by atoms with E-state index in [-0.39, 0.29) is 11.1 Å². The summed E-state index contributed by atoms with van der Waals surface area (Å²) in [5.41, 5.74) is 9.54. The maximum absolute atomic E-state index is 13.3. The molecule has 134 valence electrons. The number of nitrogens with two attached hydrogens (primary N) is 1. The molecule has 0 saturated carbocycles. The van der Waals surface area contributed by atoms with Crippen molar-refractivity contribution in [3.63, 3.8) is 0 Å². The second-order valence-electron chi connectivity index (χ2n) is 5.91. The Bertz CT molecular complexity index is 933. The van der Waals surface area contributed by atoms with E-state index in [1.54, 1.807) is 6.07 Å². The first-order valence-electron chi connectivity index (χ1n) is 7.97. The summed E-state index contributed by atoms with van der Waals surface area (Å²) in [4.78, 5) is 8.49. The Kier molecular flexibility index (Phi) is 5.71. The smallest absolute Gasteiger partial charge is 0.141 e. The van der Waals surface area contributed by atoms with Crippen molar-refractivity contribution in [2.24, 2.45) is 5.73 Å². The van der Waals surface area contributed by atoms with Crippen LogP contribution in [0.3, 0.4) is 0 Å². The predicted molar refractivity (Wildman–Crippen MR) is 104 cm³/mol. The Morgan fingerprint density at radius 2 is 1.88 bits per heavy atom. The topological polar surface area (TPSA) is 63.8 Å². The quantitative estimate of drug-likeness (QED) is 0.642. The number of nitrogens with zero attached hydrogens (tertiary/aromatic N) is 2. The van der Waals surface area contributed by atoms with E-state index in [0.29, 0.717) is 17.4 Å². The summed E-state index contributed by atoms with van der Waals surface area (Å²) < 4.78 is 13.3. The van der Waals surface area contributed by atoms with Crippen LogP contribution in [0.5, 0.6) is 0 Å². The van der Waals surface area contributed by atoms with Crippen LogP contribution in [-0.4, -0.2) is 16.5 Å². The monoisotopic (exact) mass is 390 g/mol. The van der Waals surface area contributed by atoms with Crippen LogP contribution >= 0.6 is 23.2 Å². The third kappa shape index (κ3) is 4.30. The van der Waals surface area contributed by atoms with Crippen molar-refractivity contribution in [3.05, 3.63) is 75.8 Å². The molecule has 0 fully saturated rings. The van der Waals surface area contributed by atoms with Gasteiger partial charge in [0.25, 0.3) is 0 Å². The van der Waals surface area contributed by atoms with Gasteiger partial charge in [-0.25, -0.2) is 14.4 Å². The average molecular weight is 391 g/mol. The normalized spacial score (nSPS) is 12.0. The minimum atomic E-state index is -0.465. The zero-order chi connectivity index (χ0) is 18.7. The van der Waals surface area contributed by atoms with E-state index in [1.165, 1.54) is 18.5 Å². The molecule has 2 aromatic carbocycles. The molecule has 0 radical (unpaired) electrons. The van der Waals surface area contributed by atoms with Crippen molar-refractivity contribution in [2.75, 3.05) is 11.9 Å². The number of nitrogens with one attached hydrogen (secondary N) is 1. The Morgan fingerprint density at radius 3 is 2.62 bits per heavy atom. The van der Waals surface area contributed by atoms with Gasteiger partial charge in [-0.2, -0.15) is 0 Å². The summed E-state index contributed by atoms with van der Waals surface area (Å²) in [6.45, 7) is 2.36. The van der Waals surface area contributed by atoms with Crippen molar-refractivity contribution in [3.8, 4) is 11.3 Å². The first kappa shape index (κ1) is 18.6. The standard InChI is InChI=1S/C19H17Cl2FN4/c1-11-2-3-13(7-14(11)20)18-8-19(26-10-25-18)24-9-17(23)12-4-5-16(22)15(21)6-12/h2-8,10,17H,9,23H2,1H3,(H,24,25,26)/t17-/m1/s1. The van der Waals surface area contributed by atoms with E-state index in [2.05, 4.69) is 15.3 Å². The summed E-state index contributed by atoms with van der Waals surface area (Å²) >= 11 is 12.0. The lowest BCUT2D eigenvalue weighted by atomic mass is 10.1. The molecule has 26 heavy (non-hydrogen) atoms. The molecule has 7 heteroatoms. The lowest BCUT2D eigenvalue weighted by Gasteiger charge is -2.14. The number of halogens is 3. The van der Waals surface area contributed by atoms with Crippen LogP contribution in [0.2, 0.25) is 10.0 Å². The third-order valence-electron chi connectivity index (χ3n) is 4.01. The molecule has 1 atom stereocenters. The van der Waals surface area contributed by atoms with Gasteiger partial charge in [-0.1, -0.05) is 41.4 Å². The molecule has 1 aromatic heterocycles. The molecule has 3 rings (SSSR count). The summed E-state index contributed by atoms with van der Waals surface area (Å²) in [5, 5.41) is 3.91. The largest absolute Gasteiger partial charge is 0.368 e. The van der Waals surface area contributed by atoms with Crippen LogP contribution < -0.4 is 11.1 Å². The van der Waals surface area contributed by atoms with Gasteiger partial charge in [0.1, 0.15) is 18.0 Å². The van der Waals surface area contributed by atoms with Gasteiger partial charge in [-0.05, 0) is 36.2 Å². The average Bonchev–Trinajstić information content (AvgIpc) is 2.64. The molecule has 0 amide bonds. The van der Waals surface area contributed by atoms with Gasteiger partial charge in [0.2, 0.25) is 0 Å². The number of aromatic nitrogens is 2. The van der Waals surface area contributed by atoms with Gasteiger partial charge in [0.15, 0.2) is 0 Å². The molecule has 3 aromatic rings. The fourth-order valence-electron chi connectivity index (χ4n) is 2.44. The zero-order valence-corrected chi connectivity index (χ0v) is 15.5. The van der Waals surface area contributed by atoms with Gasteiger partial charge >= 0.3 is 0 Å². The highest BCUT2D eigenvalue weighted by Crippen LogP contribution is 2.25. The van der Waals surface area contributed by atoms with Gasteiger partial charge in [-0.3, -0.25) is 0 Å². The van der Waals surface area contributed by atoms with Crippen molar-refractivity contribution in [2.45, 2.75) is 13.0 Å². The second kappa shape index (κ2) is 7.99. The minimum Gasteiger partial charge on any atom is -0.368 e. The van der Waals surface area contributed by atoms with Crippen molar-refractivity contribution in [1.82, 2.24) is 9.97 Å². The molecule has 0 spiro atoms. The third-order valence-corrected chi connectivity index (χ3v) is 4.71. The molecule has 3 N–H and O–H groups in total. The Hall–Kier alpha value is -2.21. The Labute approximate surface area is 161 Å². The molecule has 0 aliphatic heterocycles. The van der Waals surface area contributed by atoms with Crippen molar-refractivity contribution >= 4 is 29.0 Å². The van der Waals surface area contributed by atoms with E-state index in [4.69, 9.17) is 28.9 Å². The zero-order valence-electron chi connectivity index (χ0n) is 14.0. The number of benzene rings is 2. The molecule has 0 unspecified atom stereocenters. The fraction of sp³-hybridized carbons (Fsp3) is 0.158. The molecular weight excluding hydrogens is 374 g/mol. The first-order valence-corrected chi connectivity index (χ1v) is 8.72. The number of hydrogen-bond acceptors (Lipinski definition) is 4. The molecular formula is C19H17Cl2FN4. The SMILES string of the molecule is Cc1ccc(-c2cc(NC[C@@H](N)c3ccc(F)c(Cl)c3)ncn2)cc1Cl. The van der Waals surface area contributed by atoms with Crippen molar-refractivity contribution in [1.29, 1.82) is 0 Å². The highest BCUT2D eigenvalue weighted by molar-refractivity contribution is 6.31. The van der Waals surface area contributed by atoms with Crippen LogP contribution in [0.1, 0.15) is 17.2 Å². The second-order valence-corrected chi connectivity index (χ2v) is 6.73. The molecule has 0 saturated heterocycles. The van der Waals surface area contributed by atoms with E-state index in [1.807, 2.05) is 31.2 Å². The minimum absolute atomic E-state index is 0.0542. The van der Waals surface area contributed by atoms with E-state index in [0.717, 1.165) is 22.4 Å². The number of anilines is 1. The lowest BCUT2D eigenvalue weighted by molar-refractivity contribution is 0.626. The molecule has 4 nitrogen and oxygen atoms in total. The number of aryl methyl sites for hydroxylation is 1. The summed E-state index contributed by atoms with van der Waals surface area (Å²) in [6.07, 6.45) is 1.48. The van der Waals surface area contributed by atoms with Gasteiger partial charge in [0.05, 0.1) is 10.7 Å². The van der Waals surface area contributed by atoms with Crippen molar-refractivity contribution < 1.29 is 4.39 Å². The highest BCUT2D eigenvalue weighted by Gasteiger charge is 2.10. The van der Waals surface area contributed by atoms with Gasteiger partial charge in [0, 0.05) is 29.2 Å². The highest BCUT2D eigenvalue weighted by atomic mass is 35.5. The molecule has 1 heterocycles. The Balaban J connectivity index is 1.72. The van der Waals surface area contributed by atoms with Gasteiger partial charge < -0.3 is 11.1 Å².